The zero-order valence-corrected chi connectivity index (χ0v) is 12.5. The van der Waals surface area contributed by atoms with Gasteiger partial charge in [-0.3, -0.25) is 9.59 Å². The third kappa shape index (κ3) is 4.58. The first kappa shape index (κ1) is 16.6. The topological polar surface area (TPSA) is 121 Å². The van der Waals surface area contributed by atoms with Crippen LogP contribution in [-0.2, 0) is 19.6 Å². The lowest BCUT2D eigenvalue weighted by molar-refractivity contribution is -0.140. The molecule has 0 aliphatic carbocycles. The monoisotopic (exact) mass is 365 g/mol. The van der Waals surface area contributed by atoms with E-state index in [1.165, 1.54) is 18.2 Å². The summed E-state index contributed by atoms with van der Waals surface area (Å²) < 4.78 is 26.4. The van der Waals surface area contributed by atoms with Crippen molar-refractivity contribution in [2.75, 3.05) is 0 Å². The zero-order valence-electron chi connectivity index (χ0n) is 10.1. The summed E-state index contributed by atoms with van der Waals surface area (Å²) in [5.41, 5.74) is 0. The second kappa shape index (κ2) is 6.82. The molecular weight excluding hydrogens is 354 g/mol. The van der Waals surface area contributed by atoms with E-state index in [9.17, 15) is 18.0 Å². The van der Waals surface area contributed by atoms with E-state index in [0.29, 0.717) is 0 Å². The standard InChI is InChI=1S/C11H12BrNO6S/c12-7-3-1-2-4-9(7)20(18,19)13-8(11(16)17)5-6-10(14)15/h1-4,8,13H,5-6H2,(H,14,15)(H,16,17). The van der Waals surface area contributed by atoms with E-state index in [-0.39, 0.29) is 15.8 Å². The number of aliphatic carboxylic acids is 2. The number of sulfonamides is 1. The van der Waals surface area contributed by atoms with Crippen molar-refractivity contribution in [3.8, 4) is 0 Å². The molecule has 0 amide bonds. The van der Waals surface area contributed by atoms with Gasteiger partial charge in [0.25, 0.3) is 0 Å². The van der Waals surface area contributed by atoms with Crippen molar-refractivity contribution >= 4 is 37.9 Å². The van der Waals surface area contributed by atoms with E-state index in [1.807, 2.05) is 4.72 Å². The molecule has 9 heteroatoms. The van der Waals surface area contributed by atoms with Gasteiger partial charge in [-0.2, -0.15) is 4.72 Å². The molecule has 1 unspecified atom stereocenters. The molecule has 0 fully saturated rings. The van der Waals surface area contributed by atoms with E-state index in [4.69, 9.17) is 10.2 Å². The Morgan fingerprint density at radius 2 is 1.85 bits per heavy atom. The lowest BCUT2D eigenvalue weighted by Gasteiger charge is -2.14. The largest absolute Gasteiger partial charge is 0.481 e. The highest BCUT2D eigenvalue weighted by Crippen LogP contribution is 2.21. The Morgan fingerprint density at radius 3 is 2.35 bits per heavy atom. The number of benzene rings is 1. The van der Waals surface area contributed by atoms with Crippen LogP contribution in [0.1, 0.15) is 12.8 Å². The van der Waals surface area contributed by atoms with Crippen LogP contribution >= 0.6 is 15.9 Å². The SMILES string of the molecule is O=C(O)CCC(NS(=O)(=O)c1ccccc1Br)C(=O)O. The predicted molar refractivity (Wildman–Crippen MR) is 72.8 cm³/mol. The number of hydrogen-bond acceptors (Lipinski definition) is 4. The fourth-order valence-electron chi connectivity index (χ4n) is 1.41. The van der Waals surface area contributed by atoms with Crippen molar-refractivity contribution < 1.29 is 28.2 Å². The molecule has 0 spiro atoms. The second-order valence-corrected chi connectivity index (χ2v) is 6.41. The first-order chi connectivity index (χ1) is 9.24. The zero-order chi connectivity index (χ0) is 15.3. The molecule has 7 nitrogen and oxygen atoms in total. The van der Waals surface area contributed by atoms with Crippen molar-refractivity contribution in [2.24, 2.45) is 0 Å². The van der Waals surface area contributed by atoms with E-state index in [2.05, 4.69) is 15.9 Å². The van der Waals surface area contributed by atoms with Crippen molar-refractivity contribution in [1.29, 1.82) is 0 Å². The molecule has 0 heterocycles. The molecule has 0 saturated carbocycles. The van der Waals surface area contributed by atoms with Gasteiger partial charge in [0.05, 0.1) is 4.90 Å². The summed E-state index contributed by atoms with van der Waals surface area (Å²) >= 11 is 3.06. The summed E-state index contributed by atoms with van der Waals surface area (Å²) in [6, 6.07) is 4.42. The molecule has 1 atom stereocenters. The lowest BCUT2D eigenvalue weighted by atomic mass is 10.2. The number of hydrogen-bond donors (Lipinski definition) is 3. The van der Waals surface area contributed by atoms with E-state index >= 15 is 0 Å². The first-order valence-electron chi connectivity index (χ1n) is 5.45. The Kier molecular flexibility index (Phi) is 5.66. The predicted octanol–water partition coefficient (Wildman–Crippen LogP) is 1.05. The first-order valence-corrected chi connectivity index (χ1v) is 7.73. The van der Waals surface area contributed by atoms with Gasteiger partial charge in [-0.25, -0.2) is 8.42 Å². The highest BCUT2D eigenvalue weighted by molar-refractivity contribution is 9.10. The fraction of sp³-hybridized carbons (Fsp3) is 0.273. The summed E-state index contributed by atoms with van der Waals surface area (Å²) in [5.74, 6) is -2.63. The molecule has 3 N–H and O–H groups in total. The number of halogens is 1. The van der Waals surface area contributed by atoms with Crippen LogP contribution in [0.15, 0.2) is 33.6 Å². The second-order valence-electron chi connectivity index (χ2n) is 3.87. The van der Waals surface area contributed by atoms with Crippen LogP contribution in [0.2, 0.25) is 0 Å². The Morgan fingerprint density at radius 1 is 1.25 bits per heavy atom. The van der Waals surface area contributed by atoms with Crippen LogP contribution in [0, 0.1) is 0 Å². The van der Waals surface area contributed by atoms with Gasteiger partial charge in [0, 0.05) is 10.9 Å². The van der Waals surface area contributed by atoms with Crippen LogP contribution in [0.4, 0.5) is 0 Å². The maximum atomic E-state index is 12.1. The Balaban J connectivity index is 2.95. The van der Waals surface area contributed by atoms with Gasteiger partial charge in [-0.1, -0.05) is 12.1 Å². The van der Waals surface area contributed by atoms with Crippen molar-refractivity contribution in [3.63, 3.8) is 0 Å². The third-order valence-electron chi connectivity index (χ3n) is 2.37. The summed E-state index contributed by atoms with van der Waals surface area (Å²) in [7, 11) is -4.05. The maximum Gasteiger partial charge on any atom is 0.321 e. The van der Waals surface area contributed by atoms with Gasteiger partial charge >= 0.3 is 11.9 Å². The minimum absolute atomic E-state index is 0.110. The van der Waals surface area contributed by atoms with Crippen LogP contribution in [0.5, 0.6) is 0 Å². The number of rotatable bonds is 7. The maximum absolute atomic E-state index is 12.1. The number of carbonyl (C=O) groups is 2. The Bertz CT molecular complexity index is 615. The Labute approximate surface area is 123 Å². The summed E-state index contributed by atoms with van der Waals surface area (Å²) in [6.07, 6.45) is -0.788. The van der Waals surface area contributed by atoms with Gasteiger partial charge in [0.2, 0.25) is 10.0 Å². The molecule has 0 bridgehead atoms. The van der Waals surface area contributed by atoms with Crippen LogP contribution in [0.3, 0.4) is 0 Å². The van der Waals surface area contributed by atoms with Gasteiger partial charge in [-0.15, -0.1) is 0 Å². The average molecular weight is 366 g/mol. The van der Waals surface area contributed by atoms with Gasteiger partial charge < -0.3 is 10.2 Å². The van der Waals surface area contributed by atoms with Crippen molar-refractivity contribution in [2.45, 2.75) is 23.8 Å². The highest BCUT2D eigenvalue weighted by atomic mass is 79.9. The lowest BCUT2D eigenvalue weighted by Crippen LogP contribution is -2.41. The molecule has 0 aliphatic rings. The minimum Gasteiger partial charge on any atom is -0.481 e. The molecule has 0 aliphatic heterocycles. The van der Waals surface area contributed by atoms with Gasteiger partial charge in [-0.05, 0) is 34.5 Å². The number of carboxylic acids is 2. The Hall–Kier alpha value is -1.45. The normalized spacial score (nSPS) is 12.8. The summed E-state index contributed by atoms with van der Waals surface area (Å²) in [6.45, 7) is 0. The molecule has 0 saturated heterocycles. The summed E-state index contributed by atoms with van der Waals surface area (Å²) in [4.78, 5) is 21.3. The van der Waals surface area contributed by atoms with Gasteiger partial charge in [0.1, 0.15) is 6.04 Å². The van der Waals surface area contributed by atoms with E-state index in [1.54, 1.807) is 6.07 Å². The van der Waals surface area contributed by atoms with E-state index < -0.39 is 34.4 Å². The van der Waals surface area contributed by atoms with Crippen LogP contribution in [-0.4, -0.2) is 36.6 Å². The van der Waals surface area contributed by atoms with Crippen LogP contribution in [0.25, 0.3) is 0 Å². The third-order valence-corrected chi connectivity index (χ3v) is 4.85. The summed E-state index contributed by atoms with van der Waals surface area (Å²) in [5, 5.41) is 17.5. The van der Waals surface area contributed by atoms with Crippen molar-refractivity contribution in [1.82, 2.24) is 4.72 Å². The quantitative estimate of drug-likeness (QED) is 0.663. The van der Waals surface area contributed by atoms with Gasteiger partial charge in [0.15, 0.2) is 0 Å². The fourth-order valence-corrected chi connectivity index (χ4v) is 3.64. The highest BCUT2D eigenvalue weighted by Gasteiger charge is 2.27. The molecular formula is C11H12BrNO6S. The molecule has 110 valence electrons. The molecule has 20 heavy (non-hydrogen) atoms. The molecule has 1 aromatic carbocycles. The molecule has 0 radical (unpaired) electrons. The smallest absolute Gasteiger partial charge is 0.321 e. The number of carboxylic acid groups (broad SMARTS) is 2. The number of nitrogens with one attached hydrogen (secondary N) is 1. The van der Waals surface area contributed by atoms with E-state index in [0.717, 1.165) is 0 Å². The molecule has 0 aromatic heterocycles. The molecule has 1 rings (SSSR count). The van der Waals surface area contributed by atoms with Crippen molar-refractivity contribution in [3.05, 3.63) is 28.7 Å². The molecule has 1 aromatic rings. The van der Waals surface area contributed by atoms with Crippen LogP contribution < -0.4 is 4.72 Å². The minimum atomic E-state index is -4.05. The average Bonchev–Trinajstić information content (AvgIpc) is 2.34.